The van der Waals surface area contributed by atoms with E-state index < -0.39 is 0 Å². The topological polar surface area (TPSA) is 47.9 Å². The zero-order valence-electron chi connectivity index (χ0n) is 26.6. The smallest absolute Gasteiger partial charge is 0.0704 e. The molecule has 39 heavy (non-hydrogen) atoms. The van der Waals surface area contributed by atoms with Gasteiger partial charge in [-0.05, 0) is 122 Å². The average molecular weight is 549 g/mol. The number of hydrogen-bond donors (Lipinski definition) is 1. The standard InChI is InChI=1S/C35H64O4/c1-7-27(25(2)3)9-8-26(4)31-12-13-32-30-11-10-28-24-29(39-23-22-38-21-20-37-19-18-36)14-16-34(28,5)33(30)15-17-35(31,32)6/h25-33,36H,7-24H2,1-6H3/t26-,27-,28+,29+,30+,31-,32+,33+,34+,35-/m1/s1. The second-order valence-corrected chi connectivity index (χ2v) is 15.1. The Morgan fingerprint density at radius 3 is 2.18 bits per heavy atom. The van der Waals surface area contributed by atoms with E-state index in [2.05, 4.69) is 41.5 Å². The van der Waals surface area contributed by atoms with Crippen molar-refractivity contribution in [2.75, 3.05) is 39.6 Å². The first-order valence-corrected chi connectivity index (χ1v) is 17.1. The van der Waals surface area contributed by atoms with E-state index in [0.717, 1.165) is 47.3 Å². The van der Waals surface area contributed by atoms with Crippen LogP contribution in [0.3, 0.4) is 0 Å². The molecule has 10 atom stereocenters. The molecule has 4 rings (SSSR count). The van der Waals surface area contributed by atoms with Crippen molar-refractivity contribution in [3.63, 3.8) is 0 Å². The molecule has 0 saturated heterocycles. The maximum Gasteiger partial charge on any atom is 0.0704 e. The lowest BCUT2D eigenvalue weighted by molar-refractivity contribution is -0.139. The van der Waals surface area contributed by atoms with Crippen molar-refractivity contribution in [1.82, 2.24) is 0 Å². The van der Waals surface area contributed by atoms with E-state index in [9.17, 15) is 0 Å². The van der Waals surface area contributed by atoms with Crippen LogP contribution in [0.25, 0.3) is 0 Å². The van der Waals surface area contributed by atoms with Crippen LogP contribution in [0.5, 0.6) is 0 Å². The Morgan fingerprint density at radius 2 is 1.46 bits per heavy atom. The first-order chi connectivity index (χ1) is 18.7. The largest absolute Gasteiger partial charge is 0.394 e. The van der Waals surface area contributed by atoms with Crippen molar-refractivity contribution in [3.8, 4) is 0 Å². The molecule has 4 nitrogen and oxygen atoms in total. The molecule has 1 N–H and O–H groups in total. The summed E-state index contributed by atoms with van der Waals surface area (Å²) in [7, 11) is 0. The van der Waals surface area contributed by atoms with Gasteiger partial charge in [0, 0.05) is 0 Å². The van der Waals surface area contributed by atoms with Gasteiger partial charge in [0.2, 0.25) is 0 Å². The summed E-state index contributed by atoms with van der Waals surface area (Å²) in [5, 5.41) is 8.77. The summed E-state index contributed by atoms with van der Waals surface area (Å²) in [5.74, 6) is 7.31. The summed E-state index contributed by atoms with van der Waals surface area (Å²) in [6, 6.07) is 0. The van der Waals surface area contributed by atoms with Gasteiger partial charge in [0.25, 0.3) is 0 Å². The van der Waals surface area contributed by atoms with Gasteiger partial charge in [-0.3, -0.25) is 0 Å². The fraction of sp³-hybridized carbons (Fsp3) is 1.00. The van der Waals surface area contributed by atoms with E-state index in [1.54, 1.807) is 0 Å². The van der Waals surface area contributed by atoms with Gasteiger partial charge in [-0.2, -0.15) is 0 Å². The van der Waals surface area contributed by atoms with Gasteiger partial charge in [0.1, 0.15) is 0 Å². The van der Waals surface area contributed by atoms with Gasteiger partial charge < -0.3 is 19.3 Å². The summed E-state index contributed by atoms with van der Waals surface area (Å²) in [5.41, 5.74) is 1.12. The number of aliphatic hydroxyl groups is 1. The molecule has 0 spiro atoms. The van der Waals surface area contributed by atoms with E-state index in [4.69, 9.17) is 19.3 Å². The van der Waals surface area contributed by atoms with Crippen LogP contribution in [0.1, 0.15) is 119 Å². The highest BCUT2D eigenvalue weighted by atomic mass is 16.5. The van der Waals surface area contributed by atoms with Gasteiger partial charge in [-0.1, -0.05) is 54.4 Å². The van der Waals surface area contributed by atoms with Crippen molar-refractivity contribution in [3.05, 3.63) is 0 Å². The second-order valence-electron chi connectivity index (χ2n) is 15.1. The molecule has 0 unspecified atom stereocenters. The Labute approximate surface area is 241 Å². The number of ether oxygens (including phenoxy) is 3. The predicted molar refractivity (Wildman–Crippen MR) is 161 cm³/mol. The van der Waals surface area contributed by atoms with E-state index in [1.165, 1.54) is 77.0 Å². The molecule has 4 heteroatoms. The Balaban J connectivity index is 1.27. The van der Waals surface area contributed by atoms with Crippen molar-refractivity contribution < 1.29 is 19.3 Å². The number of rotatable bonds is 15. The van der Waals surface area contributed by atoms with Crippen molar-refractivity contribution in [2.24, 2.45) is 58.2 Å². The van der Waals surface area contributed by atoms with Crippen molar-refractivity contribution >= 4 is 0 Å². The summed E-state index contributed by atoms with van der Waals surface area (Å²) in [4.78, 5) is 0. The van der Waals surface area contributed by atoms with Crippen LogP contribution in [0, 0.1) is 58.2 Å². The minimum atomic E-state index is 0.0736. The Kier molecular flexibility index (Phi) is 11.7. The van der Waals surface area contributed by atoms with Crippen LogP contribution in [0.2, 0.25) is 0 Å². The molecule has 4 aliphatic carbocycles. The van der Waals surface area contributed by atoms with E-state index in [1.807, 2.05) is 0 Å². The summed E-state index contributed by atoms with van der Waals surface area (Å²) in [6.45, 7) is 18.2. The van der Waals surface area contributed by atoms with Crippen LogP contribution < -0.4 is 0 Å². The van der Waals surface area contributed by atoms with Crippen LogP contribution in [-0.4, -0.2) is 50.9 Å². The molecule has 0 heterocycles. The first kappa shape index (κ1) is 31.8. The fourth-order valence-corrected chi connectivity index (χ4v) is 10.7. The van der Waals surface area contributed by atoms with E-state index in [0.29, 0.717) is 50.0 Å². The highest BCUT2D eigenvalue weighted by Crippen LogP contribution is 2.68. The molecule has 0 aromatic rings. The normalized spacial score (nSPS) is 39.7. The third-order valence-corrected chi connectivity index (χ3v) is 13.0. The minimum absolute atomic E-state index is 0.0736. The van der Waals surface area contributed by atoms with Gasteiger partial charge >= 0.3 is 0 Å². The zero-order valence-corrected chi connectivity index (χ0v) is 26.6. The maximum atomic E-state index is 8.77. The lowest BCUT2D eigenvalue weighted by Crippen LogP contribution is -2.54. The number of fused-ring (bicyclic) bond motifs is 5. The molecule has 0 amide bonds. The summed E-state index contributed by atoms with van der Waals surface area (Å²) >= 11 is 0. The van der Waals surface area contributed by atoms with Crippen molar-refractivity contribution in [2.45, 2.75) is 125 Å². The number of aliphatic hydroxyl groups excluding tert-OH is 1. The molecular formula is C35H64O4. The monoisotopic (exact) mass is 548 g/mol. The quantitative estimate of drug-likeness (QED) is 0.210. The molecule has 0 bridgehead atoms. The predicted octanol–water partition coefficient (Wildman–Crippen LogP) is 8.15. The molecule has 228 valence electrons. The minimum Gasteiger partial charge on any atom is -0.394 e. The highest BCUT2D eigenvalue weighted by Gasteiger charge is 2.60. The van der Waals surface area contributed by atoms with E-state index in [-0.39, 0.29) is 6.61 Å². The third-order valence-electron chi connectivity index (χ3n) is 13.0. The third kappa shape index (κ3) is 7.08. The Bertz CT molecular complexity index is 725. The van der Waals surface area contributed by atoms with Crippen LogP contribution in [-0.2, 0) is 14.2 Å². The molecule has 4 aliphatic rings. The van der Waals surface area contributed by atoms with Gasteiger partial charge in [0.15, 0.2) is 0 Å². The van der Waals surface area contributed by atoms with Crippen LogP contribution in [0.15, 0.2) is 0 Å². The first-order valence-electron chi connectivity index (χ1n) is 17.1. The SMILES string of the molecule is CC[C@H](CC[C@@H](C)[C@H]1CC[C@H]2[C@@H]3CC[C@H]4C[C@@H](OCCOCCOCCO)CC[C@]4(C)[C@H]3CC[C@]12C)C(C)C. The van der Waals surface area contributed by atoms with Crippen LogP contribution >= 0.6 is 0 Å². The van der Waals surface area contributed by atoms with Gasteiger partial charge in [-0.25, -0.2) is 0 Å². The highest BCUT2D eigenvalue weighted by molar-refractivity contribution is 5.09. The molecule has 0 aliphatic heterocycles. The second kappa shape index (κ2) is 14.3. The molecular weight excluding hydrogens is 484 g/mol. The van der Waals surface area contributed by atoms with Gasteiger partial charge in [0.05, 0.1) is 45.7 Å². The Morgan fingerprint density at radius 1 is 0.769 bits per heavy atom. The zero-order chi connectivity index (χ0) is 28.0. The lowest BCUT2D eigenvalue weighted by Gasteiger charge is -2.61. The molecule has 0 aromatic heterocycles. The Hall–Kier alpha value is -0.160. The molecule has 0 aromatic carbocycles. The van der Waals surface area contributed by atoms with E-state index >= 15 is 0 Å². The fourth-order valence-electron chi connectivity index (χ4n) is 10.7. The average Bonchev–Trinajstić information content (AvgIpc) is 3.27. The summed E-state index contributed by atoms with van der Waals surface area (Å²) in [6.07, 6.45) is 17.4. The molecule has 0 radical (unpaired) electrons. The molecule has 4 saturated carbocycles. The molecule has 4 fully saturated rings. The number of hydrogen-bond acceptors (Lipinski definition) is 4. The van der Waals surface area contributed by atoms with Crippen LogP contribution in [0.4, 0.5) is 0 Å². The lowest BCUT2D eigenvalue weighted by atomic mass is 9.44. The summed E-state index contributed by atoms with van der Waals surface area (Å²) < 4.78 is 17.2. The van der Waals surface area contributed by atoms with Gasteiger partial charge in [-0.15, -0.1) is 0 Å². The van der Waals surface area contributed by atoms with Crippen molar-refractivity contribution in [1.29, 1.82) is 0 Å². The maximum absolute atomic E-state index is 8.77.